The summed E-state index contributed by atoms with van der Waals surface area (Å²) in [6.45, 7) is 5.23. The summed E-state index contributed by atoms with van der Waals surface area (Å²) in [6.07, 6.45) is -0.627. The Morgan fingerprint density at radius 2 is 1.79 bits per heavy atom. The van der Waals surface area contributed by atoms with Gasteiger partial charge in [-0.3, -0.25) is 5.32 Å². The Labute approximate surface area is 139 Å². The zero-order valence-electron chi connectivity index (χ0n) is 13.6. The van der Waals surface area contributed by atoms with E-state index in [1.807, 2.05) is 0 Å². The molecule has 0 heterocycles. The normalized spacial score (nSPS) is 11.0. The molecule has 0 saturated heterocycles. The fourth-order valence-corrected chi connectivity index (χ4v) is 2.17. The van der Waals surface area contributed by atoms with Gasteiger partial charge in [-0.1, -0.05) is 24.3 Å². The first-order valence-corrected chi connectivity index (χ1v) is 7.29. The van der Waals surface area contributed by atoms with Gasteiger partial charge in [0.2, 0.25) is 0 Å². The van der Waals surface area contributed by atoms with E-state index < -0.39 is 29.0 Å². The van der Waals surface area contributed by atoms with Crippen LogP contribution in [0.4, 0.5) is 14.9 Å². The number of carbonyl (C=O) groups excluding carboxylic acids is 1. The second kappa shape index (κ2) is 6.70. The van der Waals surface area contributed by atoms with Crippen LogP contribution in [0, 0.1) is 5.82 Å². The molecule has 2 rings (SSSR count). The number of rotatable bonds is 3. The third-order valence-electron chi connectivity index (χ3n) is 3.05. The summed E-state index contributed by atoms with van der Waals surface area (Å²) in [5.41, 5.74) is 0.0749. The van der Waals surface area contributed by atoms with Crippen molar-refractivity contribution in [3.63, 3.8) is 0 Å². The third kappa shape index (κ3) is 4.32. The van der Waals surface area contributed by atoms with Crippen LogP contribution in [-0.4, -0.2) is 22.8 Å². The van der Waals surface area contributed by atoms with Crippen LogP contribution in [0.2, 0.25) is 0 Å². The SMILES string of the molecule is CC(C)(C)OC(=O)Nc1cccc(-c2cccc(F)c2C(=O)O)c1. The maximum absolute atomic E-state index is 13.8. The van der Waals surface area contributed by atoms with Gasteiger partial charge in [-0.25, -0.2) is 14.0 Å². The number of ether oxygens (including phenoxy) is 1. The zero-order valence-corrected chi connectivity index (χ0v) is 13.6. The third-order valence-corrected chi connectivity index (χ3v) is 3.05. The molecule has 0 atom stereocenters. The highest BCUT2D eigenvalue weighted by atomic mass is 19.1. The molecule has 0 fully saturated rings. The molecule has 2 aromatic carbocycles. The van der Waals surface area contributed by atoms with E-state index in [9.17, 15) is 19.1 Å². The van der Waals surface area contributed by atoms with Crippen LogP contribution < -0.4 is 5.32 Å². The molecule has 2 aromatic rings. The summed E-state index contributed by atoms with van der Waals surface area (Å²) in [4.78, 5) is 23.1. The molecule has 0 unspecified atom stereocenters. The molecule has 126 valence electrons. The molecule has 1 amide bonds. The summed E-state index contributed by atoms with van der Waals surface area (Å²) in [5.74, 6) is -2.17. The molecule has 6 heteroatoms. The van der Waals surface area contributed by atoms with E-state index in [-0.39, 0.29) is 5.56 Å². The Morgan fingerprint density at radius 1 is 1.12 bits per heavy atom. The number of nitrogens with one attached hydrogen (secondary N) is 1. The van der Waals surface area contributed by atoms with Crippen molar-refractivity contribution in [3.05, 3.63) is 53.8 Å². The average molecular weight is 331 g/mol. The lowest BCUT2D eigenvalue weighted by Gasteiger charge is -2.19. The number of amides is 1. The van der Waals surface area contributed by atoms with Gasteiger partial charge < -0.3 is 9.84 Å². The minimum Gasteiger partial charge on any atom is -0.478 e. The molecule has 0 aromatic heterocycles. The van der Waals surface area contributed by atoms with Crippen molar-refractivity contribution in [3.8, 4) is 11.1 Å². The van der Waals surface area contributed by atoms with E-state index in [1.54, 1.807) is 45.0 Å². The van der Waals surface area contributed by atoms with Crippen molar-refractivity contribution in [1.82, 2.24) is 0 Å². The van der Waals surface area contributed by atoms with E-state index in [4.69, 9.17) is 4.74 Å². The molecule has 24 heavy (non-hydrogen) atoms. The summed E-state index contributed by atoms with van der Waals surface area (Å²) in [7, 11) is 0. The lowest BCUT2D eigenvalue weighted by molar-refractivity contribution is 0.0633. The van der Waals surface area contributed by atoms with E-state index in [1.165, 1.54) is 12.1 Å². The second-order valence-corrected chi connectivity index (χ2v) is 6.18. The van der Waals surface area contributed by atoms with Crippen molar-refractivity contribution in [2.24, 2.45) is 0 Å². The molecule has 0 aliphatic rings. The molecular formula is C18H18FNO4. The summed E-state index contributed by atoms with van der Waals surface area (Å²) in [6, 6.07) is 10.5. The molecule has 0 saturated carbocycles. The Morgan fingerprint density at radius 3 is 2.42 bits per heavy atom. The molecule has 5 nitrogen and oxygen atoms in total. The van der Waals surface area contributed by atoms with Crippen molar-refractivity contribution in [2.45, 2.75) is 26.4 Å². The van der Waals surface area contributed by atoms with Crippen molar-refractivity contribution < 1.29 is 23.8 Å². The summed E-state index contributed by atoms with van der Waals surface area (Å²) in [5, 5.41) is 11.8. The number of halogens is 1. The van der Waals surface area contributed by atoms with Crippen LogP contribution in [0.3, 0.4) is 0 Å². The van der Waals surface area contributed by atoms with Gasteiger partial charge in [-0.05, 0) is 50.1 Å². The van der Waals surface area contributed by atoms with Crippen LogP contribution in [-0.2, 0) is 4.74 Å². The number of carboxylic acids is 1. The van der Waals surface area contributed by atoms with E-state index in [2.05, 4.69) is 5.32 Å². The lowest BCUT2D eigenvalue weighted by Crippen LogP contribution is -2.27. The minimum atomic E-state index is -1.35. The maximum atomic E-state index is 13.8. The monoisotopic (exact) mass is 331 g/mol. The van der Waals surface area contributed by atoms with Crippen LogP contribution in [0.1, 0.15) is 31.1 Å². The Bertz CT molecular complexity index is 781. The molecule has 2 N–H and O–H groups in total. The van der Waals surface area contributed by atoms with Gasteiger partial charge in [-0.15, -0.1) is 0 Å². The van der Waals surface area contributed by atoms with Gasteiger partial charge in [0.1, 0.15) is 17.0 Å². The lowest BCUT2D eigenvalue weighted by atomic mass is 9.99. The van der Waals surface area contributed by atoms with Gasteiger partial charge >= 0.3 is 12.1 Å². The van der Waals surface area contributed by atoms with Crippen LogP contribution >= 0.6 is 0 Å². The zero-order chi connectivity index (χ0) is 17.9. The predicted molar refractivity (Wildman–Crippen MR) is 88.7 cm³/mol. The number of anilines is 1. The topological polar surface area (TPSA) is 75.6 Å². The summed E-state index contributed by atoms with van der Waals surface area (Å²) < 4.78 is 19.0. The maximum Gasteiger partial charge on any atom is 0.412 e. The number of aromatic carboxylic acids is 1. The molecule has 0 radical (unpaired) electrons. The van der Waals surface area contributed by atoms with E-state index in [0.717, 1.165) is 6.07 Å². The van der Waals surface area contributed by atoms with Gasteiger partial charge in [-0.2, -0.15) is 0 Å². The van der Waals surface area contributed by atoms with E-state index in [0.29, 0.717) is 11.3 Å². The minimum absolute atomic E-state index is 0.232. The number of hydrogen-bond donors (Lipinski definition) is 2. The molecule has 0 bridgehead atoms. The molecule has 0 aliphatic heterocycles. The van der Waals surface area contributed by atoms with Gasteiger partial charge in [0, 0.05) is 5.69 Å². The van der Waals surface area contributed by atoms with Crippen LogP contribution in [0.25, 0.3) is 11.1 Å². The standard InChI is InChI=1S/C18H18FNO4/c1-18(2,3)24-17(23)20-12-7-4-6-11(10-12)13-8-5-9-14(19)15(13)16(21)22/h4-10H,1-3H3,(H,20,23)(H,21,22). The second-order valence-electron chi connectivity index (χ2n) is 6.18. The molecular weight excluding hydrogens is 313 g/mol. The fraction of sp³-hybridized carbons (Fsp3) is 0.222. The van der Waals surface area contributed by atoms with Gasteiger partial charge in [0.25, 0.3) is 0 Å². The molecule has 0 spiro atoms. The average Bonchev–Trinajstić information content (AvgIpc) is 2.44. The Kier molecular flexibility index (Phi) is 4.87. The highest BCUT2D eigenvalue weighted by molar-refractivity contribution is 5.97. The van der Waals surface area contributed by atoms with Crippen LogP contribution in [0.5, 0.6) is 0 Å². The smallest absolute Gasteiger partial charge is 0.412 e. The number of carbonyl (C=O) groups is 2. The molecule has 0 aliphatic carbocycles. The fourth-order valence-electron chi connectivity index (χ4n) is 2.17. The number of hydrogen-bond acceptors (Lipinski definition) is 3. The first-order valence-electron chi connectivity index (χ1n) is 7.29. The first kappa shape index (κ1) is 17.5. The van der Waals surface area contributed by atoms with Crippen LogP contribution in [0.15, 0.2) is 42.5 Å². The van der Waals surface area contributed by atoms with Crippen molar-refractivity contribution >= 4 is 17.7 Å². The first-order chi connectivity index (χ1) is 11.2. The number of carboxylic acid groups (broad SMARTS) is 1. The summed E-state index contributed by atoms with van der Waals surface area (Å²) >= 11 is 0. The number of benzene rings is 2. The van der Waals surface area contributed by atoms with Gasteiger partial charge in [0.05, 0.1) is 0 Å². The van der Waals surface area contributed by atoms with E-state index >= 15 is 0 Å². The van der Waals surface area contributed by atoms with Crippen molar-refractivity contribution in [1.29, 1.82) is 0 Å². The predicted octanol–water partition coefficient (Wildman–Crippen LogP) is 4.54. The highest BCUT2D eigenvalue weighted by Crippen LogP contribution is 2.28. The Hall–Kier alpha value is -2.89. The highest BCUT2D eigenvalue weighted by Gasteiger charge is 2.18. The largest absolute Gasteiger partial charge is 0.478 e. The van der Waals surface area contributed by atoms with Gasteiger partial charge in [0.15, 0.2) is 0 Å². The quantitative estimate of drug-likeness (QED) is 0.866. The Balaban J connectivity index is 2.34. The van der Waals surface area contributed by atoms with Crippen molar-refractivity contribution in [2.75, 3.05) is 5.32 Å².